The van der Waals surface area contributed by atoms with Crippen LogP contribution in [0.4, 0.5) is 0 Å². The predicted molar refractivity (Wildman–Crippen MR) is 61.6 cm³/mol. The van der Waals surface area contributed by atoms with Gasteiger partial charge in [0.1, 0.15) is 11.2 Å². The Morgan fingerprint density at radius 1 is 1.65 bits per heavy atom. The number of carbonyl (C=O) groups is 1. The summed E-state index contributed by atoms with van der Waals surface area (Å²) in [6, 6.07) is 0. The van der Waals surface area contributed by atoms with Crippen LogP contribution in [0.2, 0.25) is 0 Å². The Balaban J connectivity index is 2.22. The first kappa shape index (κ1) is 11.7. The molecule has 2 rings (SSSR count). The fourth-order valence-corrected chi connectivity index (χ4v) is 2.20. The zero-order chi connectivity index (χ0) is 12.3. The van der Waals surface area contributed by atoms with Crippen LogP contribution in [-0.4, -0.2) is 44.3 Å². The Kier molecular flexibility index (Phi) is 3.45. The number of hydrogen-bond donors (Lipinski definition) is 3. The number of thiazole rings is 1. The molecule has 0 saturated carbocycles. The monoisotopic (exact) mass is 253 g/mol. The first-order chi connectivity index (χ1) is 8.22. The number of nitrogens with one attached hydrogen (secondary N) is 2. The molecule has 0 unspecified atom stereocenters. The molecule has 0 aliphatic carbocycles. The second-order valence-electron chi connectivity index (χ2n) is 3.25. The van der Waals surface area contributed by atoms with Gasteiger partial charge in [-0.2, -0.15) is 5.10 Å². The van der Waals surface area contributed by atoms with Gasteiger partial charge in [-0.05, 0) is 6.92 Å². The summed E-state index contributed by atoms with van der Waals surface area (Å²) in [6.07, 6.45) is 1.39. The molecular weight excluding hydrogens is 242 g/mol. The summed E-state index contributed by atoms with van der Waals surface area (Å²) in [4.78, 5) is 20.4. The lowest BCUT2D eigenvalue weighted by molar-refractivity contribution is 0.0948. The summed E-state index contributed by atoms with van der Waals surface area (Å²) in [5.74, 6) is 0.305. The highest BCUT2D eigenvalue weighted by Crippen LogP contribution is 2.24. The van der Waals surface area contributed by atoms with Crippen LogP contribution < -0.4 is 5.32 Å². The Hall–Kier alpha value is -1.80. The van der Waals surface area contributed by atoms with Crippen LogP contribution in [-0.2, 0) is 0 Å². The molecule has 2 heterocycles. The van der Waals surface area contributed by atoms with Crippen LogP contribution >= 0.6 is 11.3 Å². The van der Waals surface area contributed by atoms with Gasteiger partial charge >= 0.3 is 0 Å². The van der Waals surface area contributed by atoms with E-state index >= 15 is 0 Å². The van der Waals surface area contributed by atoms with Crippen LogP contribution in [0.25, 0.3) is 10.8 Å². The number of rotatable bonds is 4. The highest BCUT2D eigenvalue weighted by Gasteiger charge is 2.16. The summed E-state index contributed by atoms with van der Waals surface area (Å²) in [5, 5.41) is 18.3. The molecule has 0 fully saturated rings. The van der Waals surface area contributed by atoms with Crippen molar-refractivity contribution in [2.45, 2.75) is 6.92 Å². The number of amides is 1. The molecule has 90 valence electrons. The van der Waals surface area contributed by atoms with Crippen molar-refractivity contribution in [2.75, 3.05) is 13.2 Å². The van der Waals surface area contributed by atoms with Gasteiger partial charge in [-0.3, -0.25) is 9.89 Å². The van der Waals surface area contributed by atoms with Crippen LogP contribution in [0.5, 0.6) is 0 Å². The summed E-state index contributed by atoms with van der Waals surface area (Å²) >= 11 is 1.24. The van der Waals surface area contributed by atoms with Gasteiger partial charge in [-0.1, -0.05) is 0 Å². The van der Waals surface area contributed by atoms with E-state index in [9.17, 15) is 4.79 Å². The number of aryl methyl sites for hydroxylation is 1. The van der Waals surface area contributed by atoms with E-state index in [0.717, 1.165) is 0 Å². The van der Waals surface area contributed by atoms with Crippen molar-refractivity contribution in [3.63, 3.8) is 0 Å². The molecule has 8 heteroatoms. The topological polar surface area (TPSA) is 104 Å². The van der Waals surface area contributed by atoms with Gasteiger partial charge in [0.2, 0.25) is 0 Å². The van der Waals surface area contributed by atoms with E-state index in [1.165, 1.54) is 17.7 Å². The van der Waals surface area contributed by atoms with Crippen molar-refractivity contribution in [1.82, 2.24) is 25.5 Å². The SMILES string of the molecule is Cc1nc(-c2ncn[nH]2)sc1C(=O)NCCO. The van der Waals surface area contributed by atoms with Crippen LogP contribution in [0.15, 0.2) is 6.33 Å². The van der Waals surface area contributed by atoms with Gasteiger partial charge < -0.3 is 10.4 Å². The van der Waals surface area contributed by atoms with E-state index < -0.39 is 0 Å². The molecule has 0 spiro atoms. The van der Waals surface area contributed by atoms with Gasteiger partial charge in [-0.25, -0.2) is 9.97 Å². The summed E-state index contributed by atoms with van der Waals surface area (Å²) in [7, 11) is 0. The number of H-pyrrole nitrogens is 1. The Morgan fingerprint density at radius 2 is 2.47 bits per heavy atom. The molecule has 3 N–H and O–H groups in total. The van der Waals surface area contributed by atoms with Gasteiger partial charge in [0.25, 0.3) is 5.91 Å². The molecule has 0 radical (unpaired) electrons. The Bertz CT molecular complexity index is 507. The average molecular weight is 253 g/mol. The van der Waals surface area contributed by atoms with Gasteiger partial charge in [0.15, 0.2) is 10.8 Å². The van der Waals surface area contributed by atoms with Gasteiger partial charge in [0.05, 0.1) is 12.3 Å². The smallest absolute Gasteiger partial charge is 0.263 e. The van der Waals surface area contributed by atoms with Crippen molar-refractivity contribution >= 4 is 17.2 Å². The van der Waals surface area contributed by atoms with Crippen molar-refractivity contribution in [2.24, 2.45) is 0 Å². The van der Waals surface area contributed by atoms with E-state index in [4.69, 9.17) is 5.11 Å². The largest absolute Gasteiger partial charge is 0.395 e. The zero-order valence-corrected chi connectivity index (χ0v) is 9.91. The average Bonchev–Trinajstić information content (AvgIpc) is 2.94. The number of aliphatic hydroxyl groups excluding tert-OH is 1. The van der Waals surface area contributed by atoms with E-state index in [1.807, 2.05) is 0 Å². The van der Waals surface area contributed by atoms with E-state index in [1.54, 1.807) is 6.92 Å². The summed E-state index contributed by atoms with van der Waals surface area (Å²) in [5.41, 5.74) is 0.636. The zero-order valence-electron chi connectivity index (χ0n) is 9.10. The molecule has 0 aliphatic rings. The van der Waals surface area contributed by atoms with E-state index in [0.29, 0.717) is 21.4 Å². The van der Waals surface area contributed by atoms with Crippen molar-refractivity contribution in [1.29, 1.82) is 0 Å². The molecule has 0 aromatic carbocycles. The number of carbonyl (C=O) groups excluding carboxylic acids is 1. The lowest BCUT2D eigenvalue weighted by Gasteiger charge is -1.99. The second kappa shape index (κ2) is 5.02. The van der Waals surface area contributed by atoms with Gasteiger partial charge in [0, 0.05) is 6.54 Å². The van der Waals surface area contributed by atoms with Crippen molar-refractivity contribution in [3.8, 4) is 10.8 Å². The molecule has 2 aromatic heterocycles. The summed E-state index contributed by atoms with van der Waals surface area (Å²) in [6.45, 7) is 1.90. The molecule has 2 aromatic rings. The molecule has 17 heavy (non-hydrogen) atoms. The lowest BCUT2D eigenvalue weighted by atomic mass is 10.4. The van der Waals surface area contributed by atoms with Crippen LogP contribution in [0.3, 0.4) is 0 Å². The third kappa shape index (κ3) is 2.48. The highest BCUT2D eigenvalue weighted by molar-refractivity contribution is 7.17. The first-order valence-corrected chi connectivity index (χ1v) is 5.76. The standard InChI is InChI=1S/C9H11N5O2S/c1-5-6(8(16)10-2-3-15)17-9(13-5)7-11-4-12-14-7/h4,15H,2-3H2,1H3,(H,10,16)(H,11,12,14). The van der Waals surface area contributed by atoms with E-state index in [2.05, 4.69) is 25.5 Å². The van der Waals surface area contributed by atoms with Crippen LogP contribution in [0, 0.1) is 6.92 Å². The Morgan fingerprint density at radius 3 is 3.12 bits per heavy atom. The number of nitrogens with zero attached hydrogens (tertiary/aromatic N) is 3. The third-order valence-electron chi connectivity index (χ3n) is 2.02. The van der Waals surface area contributed by atoms with Gasteiger partial charge in [-0.15, -0.1) is 11.3 Å². The Labute approximate surface area is 101 Å². The van der Waals surface area contributed by atoms with Crippen molar-refractivity contribution in [3.05, 3.63) is 16.9 Å². The molecular formula is C9H11N5O2S. The maximum Gasteiger partial charge on any atom is 0.263 e. The second-order valence-corrected chi connectivity index (χ2v) is 4.25. The number of hydrogen-bond acceptors (Lipinski definition) is 6. The maximum atomic E-state index is 11.7. The fourth-order valence-electron chi connectivity index (χ4n) is 1.27. The number of aliphatic hydroxyl groups is 1. The quantitative estimate of drug-likeness (QED) is 0.709. The number of aromatic amines is 1. The molecule has 7 nitrogen and oxygen atoms in total. The molecule has 0 atom stereocenters. The summed E-state index contributed by atoms with van der Waals surface area (Å²) < 4.78 is 0. The normalized spacial score (nSPS) is 10.5. The molecule has 0 bridgehead atoms. The lowest BCUT2D eigenvalue weighted by Crippen LogP contribution is -2.26. The molecule has 0 aliphatic heterocycles. The highest BCUT2D eigenvalue weighted by atomic mass is 32.1. The number of aromatic nitrogens is 4. The molecule has 1 amide bonds. The maximum absolute atomic E-state index is 11.7. The minimum atomic E-state index is -0.236. The third-order valence-corrected chi connectivity index (χ3v) is 3.18. The predicted octanol–water partition coefficient (Wildman–Crippen LogP) is -0.0413. The van der Waals surface area contributed by atoms with E-state index in [-0.39, 0.29) is 19.1 Å². The van der Waals surface area contributed by atoms with Crippen molar-refractivity contribution < 1.29 is 9.90 Å². The first-order valence-electron chi connectivity index (χ1n) is 4.94. The minimum absolute atomic E-state index is 0.0848. The fraction of sp³-hybridized carbons (Fsp3) is 0.333. The minimum Gasteiger partial charge on any atom is -0.395 e. The van der Waals surface area contributed by atoms with Crippen LogP contribution in [0.1, 0.15) is 15.4 Å². The molecule has 0 saturated heterocycles.